The van der Waals surface area contributed by atoms with E-state index in [1.807, 2.05) is 68.4 Å². The molecule has 28 heavy (non-hydrogen) atoms. The summed E-state index contributed by atoms with van der Waals surface area (Å²) in [5.41, 5.74) is 7.56. The highest BCUT2D eigenvalue weighted by atomic mass is 16.2. The maximum Gasteiger partial charge on any atom is 0.289 e. The maximum absolute atomic E-state index is 12.5. The molecule has 0 aliphatic rings. The Kier molecular flexibility index (Phi) is 4.72. The molecule has 3 aromatic carbocycles. The second kappa shape index (κ2) is 7.48. The average Bonchev–Trinajstić information content (AvgIpc) is 3.22. The first kappa shape index (κ1) is 17.7. The average molecular weight is 368 g/mol. The van der Waals surface area contributed by atoms with Gasteiger partial charge in [0.1, 0.15) is 5.69 Å². The molecule has 0 saturated heterocycles. The third kappa shape index (κ3) is 3.55. The smallest absolute Gasteiger partial charge is 0.272 e. The van der Waals surface area contributed by atoms with Gasteiger partial charge in [0.05, 0.1) is 11.4 Å². The standard InChI is InChI=1S/C23H20N4O/c1-15-10-12-18(13-11-15)21-14-22(26-25-21)23(28)27-24-16(2)19-9-5-7-17-6-3-4-8-20(17)19/h3-14H,1-2H3,(H,25,26)(H,27,28)/b24-16-. The van der Waals surface area contributed by atoms with E-state index in [2.05, 4.69) is 32.9 Å². The van der Waals surface area contributed by atoms with Gasteiger partial charge in [-0.1, -0.05) is 72.3 Å². The number of amides is 1. The molecular weight excluding hydrogens is 348 g/mol. The van der Waals surface area contributed by atoms with E-state index in [1.54, 1.807) is 6.07 Å². The molecule has 0 saturated carbocycles. The van der Waals surface area contributed by atoms with Crippen LogP contribution in [-0.4, -0.2) is 21.8 Å². The summed E-state index contributed by atoms with van der Waals surface area (Å²) >= 11 is 0. The molecule has 1 aromatic heterocycles. The second-order valence-electron chi connectivity index (χ2n) is 6.70. The Balaban J connectivity index is 1.53. The number of hydrogen-bond donors (Lipinski definition) is 2. The fourth-order valence-corrected chi connectivity index (χ4v) is 3.11. The molecule has 138 valence electrons. The van der Waals surface area contributed by atoms with Gasteiger partial charge in [-0.3, -0.25) is 9.89 Å². The Morgan fingerprint density at radius 1 is 1.00 bits per heavy atom. The third-order valence-electron chi connectivity index (χ3n) is 4.67. The fraction of sp³-hybridized carbons (Fsp3) is 0.0870. The number of aromatic nitrogens is 2. The summed E-state index contributed by atoms with van der Waals surface area (Å²) in [5, 5.41) is 13.5. The van der Waals surface area contributed by atoms with Gasteiger partial charge in [0, 0.05) is 11.1 Å². The van der Waals surface area contributed by atoms with Crippen molar-refractivity contribution in [2.75, 3.05) is 0 Å². The molecule has 0 fully saturated rings. The number of hydrazone groups is 1. The monoisotopic (exact) mass is 368 g/mol. The van der Waals surface area contributed by atoms with E-state index in [4.69, 9.17) is 0 Å². The van der Waals surface area contributed by atoms with Crippen molar-refractivity contribution in [2.45, 2.75) is 13.8 Å². The Labute approximate surface area is 163 Å². The number of nitrogens with zero attached hydrogens (tertiary/aromatic N) is 2. The first-order chi connectivity index (χ1) is 13.6. The number of benzene rings is 3. The highest BCUT2D eigenvalue weighted by Gasteiger charge is 2.11. The third-order valence-corrected chi connectivity index (χ3v) is 4.67. The first-order valence-corrected chi connectivity index (χ1v) is 9.07. The Bertz CT molecular complexity index is 1170. The van der Waals surface area contributed by atoms with E-state index >= 15 is 0 Å². The van der Waals surface area contributed by atoms with Crippen LogP contribution in [0.4, 0.5) is 0 Å². The largest absolute Gasteiger partial charge is 0.289 e. The number of nitrogens with one attached hydrogen (secondary N) is 2. The Morgan fingerprint density at radius 3 is 2.57 bits per heavy atom. The summed E-state index contributed by atoms with van der Waals surface area (Å²) in [6, 6.07) is 23.9. The Hall–Kier alpha value is -3.73. The summed E-state index contributed by atoms with van der Waals surface area (Å²) in [6.07, 6.45) is 0. The zero-order chi connectivity index (χ0) is 19.5. The molecule has 1 amide bonds. The van der Waals surface area contributed by atoms with Crippen molar-refractivity contribution in [3.05, 3.63) is 89.6 Å². The van der Waals surface area contributed by atoms with E-state index in [-0.39, 0.29) is 5.91 Å². The highest BCUT2D eigenvalue weighted by Crippen LogP contribution is 2.20. The quantitative estimate of drug-likeness (QED) is 0.405. The minimum atomic E-state index is -0.328. The number of aryl methyl sites for hydroxylation is 1. The Morgan fingerprint density at radius 2 is 1.75 bits per heavy atom. The van der Waals surface area contributed by atoms with Gasteiger partial charge >= 0.3 is 0 Å². The van der Waals surface area contributed by atoms with Crippen molar-refractivity contribution in [1.29, 1.82) is 0 Å². The molecule has 0 spiro atoms. The van der Waals surface area contributed by atoms with Crippen molar-refractivity contribution in [3.8, 4) is 11.3 Å². The molecule has 0 aliphatic carbocycles. The minimum Gasteiger partial charge on any atom is -0.272 e. The SMILES string of the molecule is C/C(=N/NC(=O)c1cc(-c2ccc(C)cc2)n[nH]1)c1cccc2ccccc12. The molecule has 0 bridgehead atoms. The van der Waals surface area contributed by atoms with Gasteiger partial charge in [0.2, 0.25) is 0 Å². The summed E-state index contributed by atoms with van der Waals surface area (Å²) in [7, 11) is 0. The van der Waals surface area contributed by atoms with Crippen LogP contribution in [-0.2, 0) is 0 Å². The molecule has 4 rings (SSSR count). The van der Waals surface area contributed by atoms with Crippen molar-refractivity contribution in [2.24, 2.45) is 5.10 Å². The van der Waals surface area contributed by atoms with Gasteiger partial charge in [0.15, 0.2) is 0 Å². The van der Waals surface area contributed by atoms with Gasteiger partial charge in [-0.25, -0.2) is 5.43 Å². The van der Waals surface area contributed by atoms with E-state index in [0.29, 0.717) is 5.69 Å². The predicted octanol–water partition coefficient (Wildman–Crippen LogP) is 4.69. The molecule has 0 aliphatic heterocycles. The van der Waals surface area contributed by atoms with Crippen LogP contribution in [0.2, 0.25) is 0 Å². The van der Waals surface area contributed by atoms with Gasteiger partial charge < -0.3 is 0 Å². The summed E-state index contributed by atoms with van der Waals surface area (Å²) in [6.45, 7) is 3.91. The van der Waals surface area contributed by atoms with Crippen LogP contribution >= 0.6 is 0 Å². The number of carbonyl (C=O) groups is 1. The zero-order valence-electron chi connectivity index (χ0n) is 15.7. The zero-order valence-corrected chi connectivity index (χ0v) is 15.7. The molecular formula is C23H20N4O. The maximum atomic E-state index is 12.5. The summed E-state index contributed by atoms with van der Waals surface area (Å²) < 4.78 is 0. The normalized spacial score (nSPS) is 11.6. The van der Waals surface area contributed by atoms with Crippen LogP contribution < -0.4 is 5.43 Å². The lowest BCUT2D eigenvalue weighted by Crippen LogP contribution is -2.19. The summed E-state index contributed by atoms with van der Waals surface area (Å²) in [4.78, 5) is 12.5. The first-order valence-electron chi connectivity index (χ1n) is 9.07. The van der Waals surface area contributed by atoms with Gasteiger partial charge in [0.25, 0.3) is 5.91 Å². The lowest BCUT2D eigenvalue weighted by Gasteiger charge is -2.06. The van der Waals surface area contributed by atoms with Crippen LogP contribution in [0.15, 0.2) is 77.9 Å². The number of rotatable bonds is 4. The van der Waals surface area contributed by atoms with E-state index < -0.39 is 0 Å². The molecule has 5 heteroatoms. The molecule has 4 aromatic rings. The minimum absolute atomic E-state index is 0.328. The van der Waals surface area contributed by atoms with Crippen LogP contribution in [0.25, 0.3) is 22.0 Å². The van der Waals surface area contributed by atoms with E-state index in [0.717, 1.165) is 33.3 Å². The van der Waals surface area contributed by atoms with Crippen molar-refractivity contribution in [1.82, 2.24) is 15.6 Å². The number of H-pyrrole nitrogens is 1. The van der Waals surface area contributed by atoms with Gasteiger partial charge in [-0.05, 0) is 30.7 Å². The topological polar surface area (TPSA) is 70.1 Å². The lowest BCUT2D eigenvalue weighted by molar-refractivity contribution is 0.0950. The predicted molar refractivity (Wildman–Crippen MR) is 112 cm³/mol. The summed E-state index contributed by atoms with van der Waals surface area (Å²) in [5.74, 6) is -0.328. The molecule has 0 atom stereocenters. The van der Waals surface area contributed by atoms with Crippen LogP contribution in [0.1, 0.15) is 28.5 Å². The number of carbonyl (C=O) groups excluding carboxylic acids is 1. The van der Waals surface area contributed by atoms with Gasteiger partial charge in [-0.15, -0.1) is 0 Å². The number of fused-ring (bicyclic) bond motifs is 1. The van der Waals surface area contributed by atoms with E-state index in [1.165, 1.54) is 5.56 Å². The lowest BCUT2D eigenvalue weighted by atomic mass is 10.0. The van der Waals surface area contributed by atoms with Crippen molar-refractivity contribution >= 4 is 22.4 Å². The second-order valence-corrected chi connectivity index (χ2v) is 6.70. The molecule has 2 N–H and O–H groups in total. The van der Waals surface area contributed by atoms with Crippen LogP contribution in [0.5, 0.6) is 0 Å². The van der Waals surface area contributed by atoms with Crippen LogP contribution in [0, 0.1) is 6.92 Å². The van der Waals surface area contributed by atoms with Crippen LogP contribution in [0.3, 0.4) is 0 Å². The van der Waals surface area contributed by atoms with Crippen molar-refractivity contribution in [3.63, 3.8) is 0 Å². The van der Waals surface area contributed by atoms with Crippen molar-refractivity contribution < 1.29 is 4.79 Å². The number of aromatic amines is 1. The molecule has 0 unspecified atom stereocenters. The van der Waals surface area contributed by atoms with E-state index in [9.17, 15) is 4.79 Å². The number of hydrogen-bond acceptors (Lipinski definition) is 3. The molecule has 1 heterocycles. The molecule has 0 radical (unpaired) electrons. The highest BCUT2D eigenvalue weighted by molar-refractivity contribution is 6.10. The van der Waals surface area contributed by atoms with Gasteiger partial charge in [-0.2, -0.15) is 10.2 Å². The fourth-order valence-electron chi connectivity index (χ4n) is 3.11. The molecule has 5 nitrogen and oxygen atoms in total.